The molecule has 0 bridgehead atoms. The van der Waals surface area contributed by atoms with E-state index < -0.39 is 5.41 Å². The van der Waals surface area contributed by atoms with Crippen molar-refractivity contribution in [3.05, 3.63) is 30.5 Å². The molecule has 5 nitrogen and oxygen atoms in total. The summed E-state index contributed by atoms with van der Waals surface area (Å²) in [6, 6.07) is 7.54. The van der Waals surface area contributed by atoms with E-state index in [1.807, 2.05) is 38.1 Å². The molecular weight excluding hydrogens is 252 g/mol. The van der Waals surface area contributed by atoms with Gasteiger partial charge in [0.05, 0.1) is 16.6 Å². The summed E-state index contributed by atoms with van der Waals surface area (Å²) in [4.78, 5) is 16.2. The molecule has 1 aromatic carbocycles. The monoisotopic (exact) mass is 272 g/mol. The largest absolute Gasteiger partial charge is 0.398 e. The van der Waals surface area contributed by atoms with E-state index in [4.69, 9.17) is 5.73 Å². The van der Waals surface area contributed by atoms with Crippen molar-refractivity contribution in [3.63, 3.8) is 0 Å². The van der Waals surface area contributed by atoms with Gasteiger partial charge in [0.15, 0.2) is 0 Å². The number of nitrogens with one attached hydrogen (secondary N) is 2. The van der Waals surface area contributed by atoms with Crippen molar-refractivity contribution in [1.82, 2.24) is 10.3 Å². The van der Waals surface area contributed by atoms with Crippen LogP contribution in [0, 0.1) is 5.41 Å². The van der Waals surface area contributed by atoms with E-state index in [1.165, 1.54) is 0 Å². The Morgan fingerprint density at radius 3 is 2.80 bits per heavy atom. The average Bonchev–Trinajstić information content (AvgIpc) is 2.46. The van der Waals surface area contributed by atoms with Gasteiger partial charge in [-0.2, -0.15) is 0 Å². The number of hydrogen-bond donors (Lipinski definition) is 3. The summed E-state index contributed by atoms with van der Waals surface area (Å²) in [6.07, 6.45) is 1.73. The molecule has 106 valence electrons. The summed E-state index contributed by atoms with van der Waals surface area (Å²) < 4.78 is 0. The Kier molecular flexibility index (Phi) is 3.79. The van der Waals surface area contributed by atoms with Crippen molar-refractivity contribution in [2.75, 3.05) is 24.6 Å². The minimum atomic E-state index is -0.503. The minimum Gasteiger partial charge on any atom is -0.398 e. The summed E-state index contributed by atoms with van der Waals surface area (Å²) in [5.41, 5.74) is 7.84. The van der Waals surface area contributed by atoms with Gasteiger partial charge in [0.1, 0.15) is 0 Å². The topological polar surface area (TPSA) is 80.0 Å². The maximum atomic E-state index is 11.8. The molecule has 0 fully saturated rings. The molecule has 1 amide bonds. The van der Waals surface area contributed by atoms with Gasteiger partial charge < -0.3 is 16.4 Å². The number of anilines is 2. The summed E-state index contributed by atoms with van der Waals surface area (Å²) in [5.74, 6) is -0.00212. The normalized spacial score (nSPS) is 11.3. The number of nitrogens with two attached hydrogens (primary N) is 1. The van der Waals surface area contributed by atoms with Crippen molar-refractivity contribution in [1.29, 1.82) is 0 Å². The maximum Gasteiger partial charge on any atom is 0.227 e. The van der Waals surface area contributed by atoms with Crippen molar-refractivity contribution in [3.8, 4) is 0 Å². The van der Waals surface area contributed by atoms with Gasteiger partial charge in [-0.15, -0.1) is 0 Å². The van der Waals surface area contributed by atoms with E-state index in [-0.39, 0.29) is 5.91 Å². The second-order valence-electron chi connectivity index (χ2n) is 5.42. The van der Waals surface area contributed by atoms with Gasteiger partial charge in [-0.1, -0.05) is 0 Å². The molecule has 20 heavy (non-hydrogen) atoms. The van der Waals surface area contributed by atoms with Gasteiger partial charge >= 0.3 is 0 Å². The number of amides is 1. The zero-order valence-corrected chi connectivity index (χ0v) is 12.0. The van der Waals surface area contributed by atoms with Gasteiger partial charge in [0.2, 0.25) is 5.91 Å². The van der Waals surface area contributed by atoms with Crippen molar-refractivity contribution >= 4 is 28.2 Å². The third-order valence-corrected chi connectivity index (χ3v) is 3.37. The van der Waals surface area contributed by atoms with Gasteiger partial charge in [-0.05, 0) is 38.1 Å². The molecule has 0 aliphatic carbocycles. The van der Waals surface area contributed by atoms with Gasteiger partial charge in [0, 0.05) is 30.9 Å². The molecule has 1 heterocycles. The molecule has 4 N–H and O–H groups in total. The molecule has 0 unspecified atom stereocenters. The number of carbonyl (C=O) groups is 1. The number of carbonyl (C=O) groups excluding carboxylic acids is 1. The number of aromatic nitrogens is 1. The lowest BCUT2D eigenvalue weighted by Crippen LogP contribution is -2.39. The molecule has 2 aromatic rings. The van der Waals surface area contributed by atoms with Crippen LogP contribution >= 0.6 is 0 Å². The third kappa shape index (κ3) is 2.66. The first-order valence-corrected chi connectivity index (χ1v) is 6.55. The van der Waals surface area contributed by atoms with Gasteiger partial charge in [-0.3, -0.25) is 9.78 Å². The Hall–Kier alpha value is -2.30. The van der Waals surface area contributed by atoms with E-state index in [0.29, 0.717) is 12.2 Å². The fraction of sp³-hybridized carbons (Fsp3) is 0.333. The lowest BCUT2D eigenvalue weighted by Gasteiger charge is -2.23. The Morgan fingerprint density at radius 2 is 2.10 bits per heavy atom. The molecular formula is C15H20N4O. The molecule has 1 aromatic heterocycles. The number of nitrogens with zero attached hydrogens (tertiary/aromatic N) is 1. The maximum absolute atomic E-state index is 11.8. The zero-order chi connectivity index (χ0) is 14.8. The highest BCUT2D eigenvalue weighted by Crippen LogP contribution is 2.27. The van der Waals surface area contributed by atoms with Gasteiger partial charge in [0.25, 0.3) is 0 Å². The number of rotatable bonds is 4. The van der Waals surface area contributed by atoms with E-state index in [1.54, 1.807) is 13.2 Å². The molecule has 0 radical (unpaired) electrons. The van der Waals surface area contributed by atoms with E-state index in [9.17, 15) is 4.79 Å². The molecule has 5 heteroatoms. The van der Waals surface area contributed by atoms with Crippen LogP contribution < -0.4 is 16.4 Å². The highest BCUT2D eigenvalue weighted by Gasteiger charge is 2.26. The average molecular weight is 272 g/mol. The highest BCUT2D eigenvalue weighted by molar-refractivity contribution is 5.98. The fourth-order valence-corrected chi connectivity index (χ4v) is 2.07. The van der Waals surface area contributed by atoms with E-state index in [0.717, 1.165) is 16.6 Å². The lowest BCUT2D eigenvalue weighted by atomic mass is 9.92. The lowest BCUT2D eigenvalue weighted by molar-refractivity contribution is -0.128. The van der Waals surface area contributed by atoms with Crippen LogP contribution in [-0.4, -0.2) is 24.5 Å². The molecule has 0 saturated carbocycles. The molecule has 0 spiro atoms. The SMILES string of the molecule is CNC(=O)C(C)(C)CNc1ccc(N)c2cccnc12. The molecule has 0 aliphatic heterocycles. The third-order valence-electron chi connectivity index (χ3n) is 3.37. The summed E-state index contributed by atoms with van der Waals surface area (Å²) in [5, 5.41) is 6.88. The Labute approximate surface area is 118 Å². The summed E-state index contributed by atoms with van der Waals surface area (Å²) in [7, 11) is 1.64. The minimum absolute atomic E-state index is 0.00212. The van der Waals surface area contributed by atoms with Crippen LogP contribution in [0.5, 0.6) is 0 Å². The fourth-order valence-electron chi connectivity index (χ4n) is 2.07. The van der Waals surface area contributed by atoms with Crippen molar-refractivity contribution in [2.45, 2.75) is 13.8 Å². The first-order valence-electron chi connectivity index (χ1n) is 6.55. The van der Waals surface area contributed by atoms with Crippen LogP contribution in [0.15, 0.2) is 30.5 Å². The Bertz CT molecular complexity index is 637. The summed E-state index contributed by atoms with van der Waals surface area (Å²) in [6.45, 7) is 4.31. The van der Waals surface area contributed by atoms with Crippen molar-refractivity contribution in [2.24, 2.45) is 5.41 Å². The Morgan fingerprint density at radius 1 is 1.35 bits per heavy atom. The molecule has 0 atom stereocenters. The van der Waals surface area contributed by atoms with Crippen LogP contribution in [0.4, 0.5) is 11.4 Å². The number of benzene rings is 1. The number of nitrogen functional groups attached to an aromatic ring is 1. The van der Waals surface area contributed by atoms with Crippen LogP contribution in [0.3, 0.4) is 0 Å². The molecule has 0 aliphatic rings. The van der Waals surface area contributed by atoms with Crippen LogP contribution in [0.2, 0.25) is 0 Å². The smallest absolute Gasteiger partial charge is 0.227 e. The predicted molar refractivity (Wildman–Crippen MR) is 82.5 cm³/mol. The summed E-state index contributed by atoms with van der Waals surface area (Å²) >= 11 is 0. The standard InChI is InChI=1S/C15H20N4O/c1-15(2,14(20)17-3)9-19-12-7-6-11(16)10-5-4-8-18-13(10)12/h4-8,19H,9,16H2,1-3H3,(H,17,20). The Balaban J connectivity index is 2.27. The number of hydrogen-bond acceptors (Lipinski definition) is 4. The second-order valence-corrected chi connectivity index (χ2v) is 5.42. The second kappa shape index (κ2) is 5.36. The number of pyridine rings is 1. The molecule has 0 saturated heterocycles. The predicted octanol–water partition coefficient (Wildman–Crippen LogP) is 2.00. The molecule has 2 rings (SSSR count). The van der Waals surface area contributed by atoms with E-state index in [2.05, 4.69) is 15.6 Å². The van der Waals surface area contributed by atoms with E-state index >= 15 is 0 Å². The van der Waals surface area contributed by atoms with Gasteiger partial charge in [-0.25, -0.2) is 0 Å². The first-order chi connectivity index (χ1) is 9.45. The van der Waals surface area contributed by atoms with Crippen molar-refractivity contribution < 1.29 is 4.79 Å². The zero-order valence-electron chi connectivity index (χ0n) is 12.0. The first kappa shape index (κ1) is 14.1. The van der Waals surface area contributed by atoms with Crippen LogP contribution in [0.1, 0.15) is 13.8 Å². The number of fused-ring (bicyclic) bond motifs is 1. The highest BCUT2D eigenvalue weighted by atomic mass is 16.2. The van der Waals surface area contributed by atoms with Crippen LogP contribution in [-0.2, 0) is 4.79 Å². The van der Waals surface area contributed by atoms with Crippen LogP contribution in [0.25, 0.3) is 10.9 Å². The quantitative estimate of drug-likeness (QED) is 0.744.